The van der Waals surface area contributed by atoms with Crippen LogP contribution in [0.5, 0.6) is 0 Å². The Labute approximate surface area is 199 Å². The Morgan fingerprint density at radius 2 is 1.71 bits per heavy atom. The quantitative estimate of drug-likeness (QED) is 0.553. The summed E-state index contributed by atoms with van der Waals surface area (Å²) in [6.45, 7) is 0.242. The second-order valence-electron chi connectivity index (χ2n) is 8.07. The molecule has 34 heavy (non-hydrogen) atoms. The standard InChI is InChI=1S/C25H22N2O6S/c28-23(27-14-34-13-21(27)24(29)30)22-10-9-15(33-22)11-26-25(31)32-12-20-18-7-3-1-5-16(18)17-6-2-4-8-19(17)20/h1-10,20-21H,11-14H2,(H,26,31)(H,29,30). The average molecular weight is 479 g/mol. The second-order valence-corrected chi connectivity index (χ2v) is 9.07. The topological polar surface area (TPSA) is 109 Å². The zero-order valence-electron chi connectivity index (χ0n) is 18.1. The third kappa shape index (κ3) is 4.14. The number of fused-ring (bicyclic) bond motifs is 3. The van der Waals surface area contributed by atoms with Gasteiger partial charge in [0, 0.05) is 11.7 Å². The number of amides is 2. The van der Waals surface area contributed by atoms with Crippen LogP contribution in [0.2, 0.25) is 0 Å². The molecule has 2 amide bonds. The van der Waals surface area contributed by atoms with Crippen LogP contribution in [-0.2, 0) is 16.1 Å². The van der Waals surface area contributed by atoms with Crippen LogP contribution >= 0.6 is 11.8 Å². The fourth-order valence-corrected chi connectivity index (χ4v) is 5.53. The molecule has 0 radical (unpaired) electrons. The predicted octanol–water partition coefficient (Wildman–Crippen LogP) is 3.92. The van der Waals surface area contributed by atoms with Crippen molar-refractivity contribution in [1.29, 1.82) is 0 Å². The number of nitrogens with zero attached hydrogens (tertiary/aromatic N) is 1. The highest BCUT2D eigenvalue weighted by Gasteiger charge is 2.36. The Balaban J connectivity index is 1.17. The number of ether oxygens (including phenoxy) is 1. The number of furan rings is 1. The van der Waals surface area contributed by atoms with E-state index in [0.717, 1.165) is 22.3 Å². The number of carbonyl (C=O) groups is 3. The van der Waals surface area contributed by atoms with Gasteiger partial charge in [0.2, 0.25) is 0 Å². The van der Waals surface area contributed by atoms with E-state index in [-0.39, 0.29) is 24.8 Å². The Morgan fingerprint density at radius 3 is 2.38 bits per heavy atom. The van der Waals surface area contributed by atoms with E-state index >= 15 is 0 Å². The molecule has 1 aliphatic carbocycles. The summed E-state index contributed by atoms with van der Waals surface area (Å²) in [5.41, 5.74) is 4.57. The number of hydrogen-bond acceptors (Lipinski definition) is 6. The van der Waals surface area contributed by atoms with E-state index in [1.54, 1.807) is 6.07 Å². The van der Waals surface area contributed by atoms with Crippen LogP contribution in [0.3, 0.4) is 0 Å². The molecule has 9 heteroatoms. The average Bonchev–Trinajstić information content (AvgIpc) is 3.59. The first-order valence-electron chi connectivity index (χ1n) is 10.8. The van der Waals surface area contributed by atoms with Gasteiger partial charge in [0.25, 0.3) is 5.91 Å². The molecule has 2 N–H and O–H groups in total. The molecule has 5 rings (SSSR count). The van der Waals surface area contributed by atoms with Gasteiger partial charge >= 0.3 is 12.1 Å². The zero-order chi connectivity index (χ0) is 23.7. The van der Waals surface area contributed by atoms with Gasteiger partial charge in [0.15, 0.2) is 5.76 Å². The van der Waals surface area contributed by atoms with Crippen LogP contribution in [0.25, 0.3) is 11.1 Å². The molecule has 1 aliphatic heterocycles. The number of aliphatic carboxylic acids is 1. The molecule has 1 saturated heterocycles. The molecule has 1 atom stereocenters. The summed E-state index contributed by atoms with van der Waals surface area (Å²) in [5, 5.41) is 11.9. The number of rotatable bonds is 6. The highest BCUT2D eigenvalue weighted by atomic mass is 32.2. The molecule has 2 aliphatic rings. The van der Waals surface area contributed by atoms with E-state index in [4.69, 9.17) is 9.15 Å². The Hall–Kier alpha value is -3.72. The summed E-state index contributed by atoms with van der Waals surface area (Å²) >= 11 is 1.38. The van der Waals surface area contributed by atoms with E-state index < -0.39 is 24.0 Å². The third-order valence-corrected chi connectivity index (χ3v) is 7.06. The molecule has 0 saturated carbocycles. The maximum Gasteiger partial charge on any atom is 0.407 e. The van der Waals surface area contributed by atoms with Crippen molar-refractivity contribution in [2.24, 2.45) is 0 Å². The molecular formula is C25H22N2O6S. The molecular weight excluding hydrogens is 456 g/mol. The van der Waals surface area contributed by atoms with Crippen molar-refractivity contribution >= 4 is 29.7 Å². The third-order valence-electron chi connectivity index (χ3n) is 6.05. The highest BCUT2D eigenvalue weighted by Crippen LogP contribution is 2.44. The van der Waals surface area contributed by atoms with Gasteiger partial charge in [0.1, 0.15) is 18.4 Å². The lowest BCUT2D eigenvalue weighted by Gasteiger charge is -2.18. The van der Waals surface area contributed by atoms with E-state index in [9.17, 15) is 19.5 Å². The molecule has 1 fully saturated rings. The van der Waals surface area contributed by atoms with Gasteiger partial charge in [-0.05, 0) is 34.4 Å². The summed E-state index contributed by atoms with van der Waals surface area (Å²) in [6, 6.07) is 18.4. The smallest absolute Gasteiger partial charge is 0.407 e. The van der Waals surface area contributed by atoms with Crippen LogP contribution < -0.4 is 5.32 Å². The Bertz CT molecular complexity index is 1210. The monoisotopic (exact) mass is 478 g/mol. The van der Waals surface area contributed by atoms with Crippen LogP contribution in [0.1, 0.15) is 33.4 Å². The van der Waals surface area contributed by atoms with Crippen molar-refractivity contribution in [2.45, 2.75) is 18.5 Å². The fraction of sp³-hybridized carbons (Fsp3) is 0.240. The minimum Gasteiger partial charge on any atom is -0.480 e. The highest BCUT2D eigenvalue weighted by molar-refractivity contribution is 7.99. The Morgan fingerprint density at radius 1 is 1.03 bits per heavy atom. The van der Waals surface area contributed by atoms with Gasteiger partial charge in [-0.15, -0.1) is 11.8 Å². The van der Waals surface area contributed by atoms with Crippen molar-refractivity contribution in [1.82, 2.24) is 10.2 Å². The van der Waals surface area contributed by atoms with E-state index in [2.05, 4.69) is 29.6 Å². The molecule has 8 nitrogen and oxygen atoms in total. The number of carboxylic acid groups (broad SMARTS) is 1. The summed E-state index contributed by atoms with van der Waals surface area (Å²) < 4.78 is 11.0. The van der Waals surface area contributed by atoms with E-state index in [0.29, 0.717) is 17.4 Å². The van der Waals surface area contributed by atoms with Crippen LogP contribution in [0.15, 0.2) is 65.1 Å². The minimum atomic E-state index is -1.04. The maximum atomic E-state index is 12.6. The lowest BCUT2D eigenvalue weighted by molar-refractivity contribution is -0.140. The molecule has 2 aromatic carbocycles. The summed E-state index contributed by atoms with van der Waals surface area (Å²) in [6.07, 6.45) is -0.590. The predicted molar refractivity (Wildman–Crippen MR) is 126 cm³/mol. The van der Waals surface area contributed by atoms with Crippen molar-refractivity contribution in [3.05, 3.63) is 83.3 Å². The lowest BCUT2D eigenvalue weighted by Crippen LogP contribution is -2.41. The number of carboxylic acids is 1. The molecule has 1 unspecified atom stereocenters. The molecule has 0 spiro atoms. The van der Waals surface area contributed by atoms with Crippen molar-refractivity contribution < 1.29 is 28.6 Å². The maximum absolute atomic E-state index is 12.6. The molecule has 174 valence electrons. The van der Waals surface area contributed by atoms with Crippen molar-refractivity contribution in [3.8, 4) is 11.1 Å². The van der Waals surface area contributed by atoms with Crippen molar-refractivity contribution in [2.75, 3.05) is 18.2 Å². The summed E-state index contributed by atoms with van der Waals surface area (Å²) in [4.78, 5) is 37.6. The van der Waals surface area contributed by atoms with Crippen LogP contribution in [0.4, 0.5) is 4.79 Å². The van der Waals surface area contributed by atoms with Crippen molar-refractivity contribution in [3.63, 3.8) is 0 Å². The first kappa shape index (κ1) is 22.1. The van der Waals surface area contributed by atoms with Gasteiger partial charge in [0.05, 0.1) is 12.4 Å². The fourth-order valence-electron chi connectivity index (χ4n) is 4.39. The SMILES string of the molecule is O=C(NCc1ccc(C(=O)N2CSCC2C(=O)O)o1)OCC1c2ccccc2-c2ccccc21. The molecule has 1 aromatic heterocycles. The summed E-state index contributed by atoms with van der Waals surface area (Å²) in [7, 11) is 0. The molecule has 2 heterocycles. The van der Waals surface area contributed by atoms with Crippen LogP contribution in [-0.4, -0.2) is 52.3 Å². The first-order chi connectivity index (χ1) is 16.5. The lowest BCUT2D eigenvalue weighted by atomic mass is 9.98. The minimum absolute atomic E-state index is 0.0356. The number of alkyl carbamates (subject to hydrolysis) is 1. The normalized spacial score (nSPS) is 16.7. The second kappa shape index (κ2) is 9.26. The van der Waals surface area contributed by atoms with Gasteiger partial charge in [-0.1, -0.05) is 48.5 Å². The zero-order valence-corrected chi connectivity index (χ0v) is 18.9. The molecule has 0 bridgehead atoms. The number of thioether (sulfide) groups is 1. The van der Waals surface area contributed by atoms with Gasteiger partial charge in [-0.25, -0.2) is 9.59 Å². The van der Waals surface area contributed by atoms with Gasteiger partial charge < -0.3 is 24.5 Å². The number of hydrogen-bond donors (Lipinski definition) is 2. The molecule has 3 aromatic rings. The van der Waals surface area contributed by atoms with E-state index in [1.165, 1.54) is 22.7 Å². The Kier molecular flexibility index (Phi) is 6.02. The van der Waals surface area contributed by atoms with Crippen LogP contribution in [0, 0.1) is 0 Å². The number of carbonyl (C=O) groups excluding carboxylic acids is 2. The number of benzene rings is 2. The van der Waals surface area contributed by atoms with Gasteiger partial charge in [-0.2, -0.15) is 0 Å². The van der Waals surface area contributed by atoms with Gasteiger partial charge in [-0.3, -0.25) is 4.79 Å². The first-order valence-corrected chi connectivity index (χ1v) is 12.0. The summed E-state index contributed by atoms with van der Waals surface area (Å²) in [5.74, 6) is -0.506. The van der Waals surface area contributed by atoms with E-state index in [1.807, 2.05) is 24.3 Å². The number of nitrogens with one attached hydrogen (secondary N) is 1. The largest absolute Gasteiger partial charge is 0.480 e.